The molecule has 0 aliphatic rings. The first-order valence-corrected chi connectivity index (χ1v) is 5.15. The maximum atomic E-state index is 11.9. The van der Waals surface area contributed by atoms with Gasteiger partial charge in [-0.05, 0) is 24.3 Å². The highest BCUT2D eigenvalue weighted by Gasteiger charge is 2.45. The molecule has 0 radical (unpaired) electrons. The molecule has 0 spiro atoms. The fraction of sp³-hybridized carbons (Fsp3) is 0.143. The zero-order chi connectivity index (χ0) is 11.7. The van der Waals surface area contributed by atoms with Crippen molar-refractivity contribution in [2.45, 2.75) is 5.51 Å². The first-order chi connectivity index (χ1) is 6.72. The van der Waals surface area contributed by atoms with Crippen LogP contribution in [-0.2, 0) is 10.0 Å². The van der Waals surface area contributed by atoms with Crippen molar-refractivity contribution >= 4 is 21.4 Å². The van der Waals surface area contributed by atoms with Crippen molar-refractivity contribution in [3.05, 3.63) is 24.3 Å². The second-order valence-electron chi connectivity index (χ2n) is 2.67. The van der Waals surface area contributed by atoms with Crippen LogP contribution in [0.4, 0.5) is 24.5 Å². The van der Waals surface area contributed by atoms with Gasteiger partial charge in [-0.1, -0.05) is 0 Å². The lowest BCUT2D eigenvalue weighted by Crippen LogP contribution is -2.29. The Labute approximate surface area is 83.9 Å². The molecule has 0 fully saturated rings. The monoisotopic (exact) mass is 240 g/mol. The second kappa shape index (κ2) is 3.61. The quantitative estimate of drug-likeness (QED) is 0.770. The molecule has 0 unspecified atom stereocenters. The molecular formula is C7H7F3N2O2S. The molecule has 0 aromatic heterocycles. The number of halogens is 3. The Hall–Kier alpha value is -1.44. The van der Waals surface area contributed by atoms with Crippen LogP contribution in [0.2, 0.25) is 0 Å². The van der Waals surface area contributed by atoms with Gasteiger partial charge in [0.2, 0.25) is 0 Å². The Morgan fingerprint density at radius 3 is 2.00 bits per heavy atom. The van der Waals surface area contributed by atoms with E-state index in [1.165, 1.54) is 16.9 Å². The van der Waals surface area contributed by atoms with Crippen molar-refractivity contribution in [1.82, 2.24) is 0 Å². The van der Waals surface area contributed by atoms with Crippen molar-refractivity contribution in [1.29, 1.82) is 0 Å². The van der Waals surface area contributed by atoms with Gasteiger partial charge < -0.3 is 5.73 Å². The predicted molar refractivity (Wildman–Crippen MR) is 49.5 cm³/mol. The number of nitrogens with one attached hydrogen (secondary N) is 1. The maximum Gasteiger partial charge on any atom is 0.516 e. The molecule has 0 aliphatic heterocycles. The number of benzene rings is 1. The van der Waals surface area contributed by atoms with E-state index in [1.807, 2.05) is 0 Å². The average molecular weight is 240 g/mol. The molecule has 0 saturated carbocycles. The summed E-state index contributed by atoms with van der Waals surface area (Å²) in [4.78, 5) is 0. The molecule has 1 aromatic rings. The van der Waals surface area contributed by atoms with E-state index in [0.29, 0.717) is 5.69 Å². The number of sulfonamides is 1. The summed E-state index contributed by atoms with van der Waals surface area (Å²) in [6.07, 6.45) is 0. The van der Waals surface area contributed by atoms with Crippen LogP contribution in [0.15, 0.2) is 24.3 Å². The smallest absolute Gasteiger partial charge is 0.399 e. The third kappa shape index (κ3) is 2.75. The van der Waals surface area contributed by atoms with E-state index in [1.54, 1.807) is 0 Å². The molecule has 84 valence electrons. The number of hydrogen-bond donors (Lipinski definition) is 2. The summed E-state index contributed by atoms with van der Waals surface area (Å²) in [6, 6.07) is 4.85. The molecule has 0 atom stereocenters. The van der Waals surface area contributed by atoms with Crippen LogP contribution in [0.25, 0.3) is 0 Å². The van der Waals surface area contributed by atoms with Crippen LogP contribution in [0.1, 0.15) is 0 Å². The van der Waals surface area contributed by atoms with Crippen LogP contribution in [0.5, 0.6) is 0 Å². The Balaban J connectivity index is 2.93. The number of anilines is 2. The third-order valence-corrected chi connectivity index (χ3v) is 2.58. The summed E-state index contributed by atoms with van der Waals surface area (Å²) in [7, 11) is -5.35. The lowest BCUT2D eigenvalue weighted by Gasteiger charge is -2.10. The molecular weight excluding hydrogens is 233 g/mol. The minimum atomic E-state index is -5.35. The number of alkyl halides is 3. The zero-order valence-electron chi connectivity index (χ0n) is 7.25. The zero-order valence-corrected chi connectivity index (χ0v) is 8.06. The highest BCUT2D eigenvalue weighted by molar-refractivity contribution is 7.93. The predicted octanol–water partition coefficient (Wildman–Crippen LogP) is 1.53. The molecule has 0 bridgehead atoms. The molecule has 15 heavy (non-hydrogen) atoms. The van der Waals surface area contributed by atoms with Gasteiger partial charge in [-0.15, -0.1) is 0 Å². The first-order valence-electron chi connectivity index (χ1n) is 3.67. The molecule has 3 N–H and O–H groups in total. The van der Waals surface area contributed by atoms with Gasteiger partial charge in [-0.3, -0.25) is 4.72 Å². The summed E-state index contributed by atoms with van der Waals surface area (Å²) in [6.45, 7) is 0. The SMILES string of the molecule is Nc1ccc(NS(=O)(=O)C(F)(F)F)cc1. The van der Waals surface area contributed by atoms with E-state index in [4.69, 9.17) is 5.73 Å². The van der Waals surface area contributed by atoms with Crippen LogP contribution in [0, 0.1) is 0 Å². The highest BCUT2D eigenvalue weighted by atomic mass is 32.2. The van der Waals surface area contributed by atoms with Crippen molar-refractivity contribution < 1.29 is 21.6 Å². The minimum Gasteiger partial charge on any atom is -0.399 e. The molecule has 0 heterocycles. The fourth-order valence-corrected chi connectivity index (χ4v) is 1.33. The molecule has 0 saturated heterocycles. The Morgan fingerprint density at radius 2 is 1.60 bits per heavy atom. The van der Waals surface area contributed by atoms with Crippen LogP contribution in [0.3, 0.4) is 0 Å². The van der Waals surface area contributed by atoms with Crippen molar-refractivity contribution in [2.24, 2.45) is 0 Å². The second-order valence-corrected chi connectivity index (χ2v) is 4.35. The highest BCUT2D eigenvalue weighted by Crippen LogP contribution is 2.25. The summed E-state index contributed by atoms with van der Waals surface area (Å²) in [5.41, 5.74) is 0.0828. The fourth-order valence-electron chi connectivity index (χ4n) is 0.764. The van der Waals surface area contributed by atoms with Gasteiger partial charge >= 0.3 is 15.5 Å². The largest absolute Gasteiger partial charge is 0.516 e. The number of nitrogens with two attached hydrogens (primary N) is 1. The van der Waals surface area contributed by atoms with E-state index < -0.39 is 15.5 Å². The van der Waals surface area contributed by atoms with E-state index in [2.05, 4.69) is 0 Å². The number of nitrogen functional groups attached to an aromatic ring is 1. The standard InChI is InChI=1S/C7H7F3N2O2S/c8-7(9,10)15(13,14)12-6-3-1-5(11)2-4-6/h1-4,12H,11H2. The van der Waals surface area contributed by atoms with Crippen LogP contribution >= 0.6 is 0 Å². The average Bonchev–Trinajstić information content (AvgIpc) is 2.06. The normalized spacial score (nSPS) is 12.5. The van der Waals surface area contributed by atoms with E-state index >= 15 is 0 Å². The first kappa shape index (κ1) is 11.6. The molecule has 1 aromatic carbocycles. The van der Waals surface area contributed by atoms with Gasteiger partial charge in [0.1, 0.15) is 0 Å². The molecule has 4 nitrogen and oxygen atoms in total. The Morgan fingerprint density at radius 1 is 1.13 bits per heavy atom. The van der Waals surface area contributed by atoms with E-state index in [-0.39, 0.29) is 5.69 Å². The topological polar surface area (TPSA) is 72.2 Å². The van der Waals surface area contributed by atoms with E-state index in [0.717, 1.165) is 12.1 Å². The summed E-state index contributed by atoms with van der Waals surface area (Å²) < 4.78 is 58.4. The van der Waals surface area contributed by atoms with Gasteiger partial charge in [-0.2, -0.15) is 21.6 Å². The third-order valence-electron chi connectivity index (χ3n) is 1.47. The van der Waals surface area contributed by atoms with Gasteiger partial charge in [0.05, 0.1) is 0 Å². The van der Waals surface area contributed by atoms with Crippen LogP contribution < -0.4 is 10.5 Å². The summed E-state index contributed by atoms with van der Waals surface area (Å²) in [5, 5.41) is 0. The van der Waals surface area contributed by atoms with Crippen molar-refractivity contribution in [2.75, 3.05) is 10.5 Å². The van der Waals surface area contributed by atoms with Gasteiger partial charge in [0.15, 0.2) is 0 Å². The van der Waals surface area contributed by atoms with E-state index in [9.17, 15) is 21.6 Å². The van der Waals surface area contributed by atoms with Crippen LogP contribution in [-0.4, -0.2) is 13.9 Å². The van der Waals surface area contributed by atoms with Crippen molar-refractivity contribution in [3.8, 4) is 0 Å². The lowest BCUT2D eigenvalue weighted by atomic mass is 10.3. The number of hydrogen-bond acceptors (Lipinski definition) is 3. The van der Waals surface area contributed by atoms with Gasteiger partial charge in [0, 0.05) is 11.4 Å². The number of rotatable bonds is 2. The van der Waals surface area contributed by atoms with Gasteiger partial charge in [-0.25, -0.2) is 0 Å². The van der Waals surface area contributed by atoms with Gasteiger partial charge in [0.25, 0.3) is 0 Å². The Kier molecular flexibility index (Phi) is 2.80. The molecule has 0 aliphatic carbocycles. The van der Waals surface area contributed by atoms with Crippen molar-refractivity contribution in [3.63, 3.8) is 0 Å². The summed E-state index contributed by atoms with van der Waals surface area (Å²) >= 11 is 0. The molecule has 8 heteroatoms. The summed E-state index contributed by atoms with van der Waals surface area (Å²) in [5.74, 6) is 0. The molecule has 0 amide bonds. The minimum absolute atomic E-state index is 0.193. The Bertz CT molecular complexity index is 438. The molecule has 1 rings (SSSR count). The maximum absolute atomic E-state index is 11.9. The lowest BCUT2D eigenvalue weighted by molar-refractivity contribution is -0.0429.